The number of amides is 2. The Bertz CT molecular complexity index is 2180. The molecule has 0 fully saturated rings. The summed E-state index contributed by atoms with van der Waals surface area (Å²) in [6.07, 6.45) is 2.62. The zero-order chi connectivity index (χ0) is 42.4. The van der Waals surface area contributed by atoms with Gasteiger partial charge in [0.1, 0.15) is 17.2 Å². The second-order valence-corrected chi connectivity index (χ2v) is 18.9. The number of hydrogen-bond acceptors (Lipinski definition) is 8. The number of sulfone groups is 1. The molecule has 1 atom stereocenters. The fourth-order valence-electron chi connectivity index (χ4n) is 5.81. The van der Waals surface area contributed by atoms with E-state index in [0.717, 1.165) is 24.2 Å². The van der Waals surface area contributed by atoms with Crippen LogP contribution in [0.3, 0.4) is 0 Å². The van der Waals surface area contributed by atoms with Crippen LogP contribution in [0, 0.1) is 5.41 Å². The predicted octanol–water partition coefficient (Wildman–Crippen LogP) is 9.97. The van der Waals surface area contributed by atoms with Crippen LogP contribution < -0.4 is 20.1 Å². The van der Waals surface area contributed by atoms with E-state index in [0.29, 0.717) is 18.7 Å². The van der Waals surface area contributed by atoms with Crippen molar-refractivity contribution in [1.29, 1.82) is 0 Å². The first kappa shape index (κ1) is 44.8. The number of phenols is 1. The largest absolute Gasteiger partial charge is 0.508 e. The molecule has 4 aromatic rings. The molecule has 0 aliphatic carbocycles. The Kier molecular flexibility index (Phi) is 13.9. The zero-order valence-electron chi connectivity index (χ0n) is 34.3. The van der Waals surface area contributed by atoms with Crippen molar-refractivity contribution in [3.8, 4) is 17.2 Å². The number of carbonyl (C=O) groups excluding carboxylic acids is 3. The maximum Gasteiger partial charge on any atom is 0.320 e. The van der Waals surface area contributed by atoms with Crippen LogP contribution in [-0.2, 0) is 35.1 Å². The smallest absolute Gasteiger partial charge is 0.320 e. The zero-order valence-corrected chi connectivity index (χ0v) is 35.9. The molecule has 0 spiro atoms. The van der Waals surface area contributed by atoms with Crippen molar-refractivity contribution in [2.75, 3.05) is 17.2 Å². The number of alkyl halides is 1. The Morgan fingerprint density at radius 1 is 0.737 bits per heavy atom. The van der Waals surface area contributed by atoms with Gasteiger partial charge in [-0.15, -0.1) is 0 Å². The van der Waals surface area contributed by atoms with E-state index in [1.54, 1.807) is 39.0 Å². The molecule has 12 heteroatoms. The fraction of sp³-hybridized carbons (Fsp3) is 0.400. The van der Waals surface area contributed by atoms with E-state index in [9.17, 15) is 27.9 Å². The third kappa shape index (κ3) is 11.0. The van der Waals surface area contributed by atoms with E-state index in [1.807, 2.05) is 6.07 Å². The Hall–Kier alpha value is -4.87. The molecule has 4 rings (SSSR count). The van der Waals surface area contributed by atoms with Gasteiger partial charge in [-0.25, -0.2) is 8.42 Å². The first-order chi connectivity index (χ1) is 26.5. The van der Waals surface area contributed by atoms with E-state index in [1.165, 1.54) is 60.2 Å². The van der Waals surface area contributed by atoms with E-state index < -0.39 is 32.0 Å². The van der Waals surface area contributed by atoms with Crippen LogP contribution in [-0.4, -0.2) is 42.8 Å². The molecule has 0 heterocycles. The van der Waals surface area contributed by atoms with Gasteiger partial charge in [0.15, 0.2) is 0 Å². The van der Waals surface area contributed by atoms with Gasteiger partial charge in [0.05, 0.1) is 16.4 Å². The molecule has 1 unspecified atom stereocenters. The lowest BCUT2D eigenvalue weighted by Crippen LogP contribution is -2.54. The average molecular weight is 819 g/mol. The monoisotopic (exact) mass is 818 g/mol. The van der Waals surface area contributed by atoms with Crippen LogP contribution in [0.1, 0.15) is 99.1 Å². The minimum Gasteiger partial charge on any atom is -0.508 e. The minimum atomic E-state index is -3.94. The van der Waals surface area contributed by atoms with Crippen LogP contribution in [0.4, 0.5) is 11.4 Å². The normalized spacial score (nSPS) is 13.3. The molecule has 4 aromatic carbocycles. The van der Waals surface area contributed by atoms with Crippen molar-refractivity contribution in [3.05, 3.63) is 102 Å². The molecular formula is C45H55ClN2O8S. The lowest BCUT2D eigenvalue weighted by molar-refractivity contribution is -0.144. The van der Waals surface area contributed by atoms with Gasteiger partial charge in [0.25, 0.3) is 5.91 Å². The Morgan fingerprint density at radius 3 is 1.86 bits per heavy atom. The summed E-state index contributed by atoms with van der Waals surface area (Å²) in [4.78, 5) is 40.3. The van der Waals surface area contributed by atoms with E-state index in [2.05, 4.69) is 64.3 Å². The Morgan fingerprint density at radius 2 is 1.30 bits per heavy atom. The summed E-state index contributed by atoms with van der Waals surface area (Å²) in [6, 6.07) is 23.0. The number of anilines is 2. The van der Waals surface area contributed by atoms with E-state index in [-0.39, 0.29) is 50.1 Å². The number of ketones is 1. The molecule has 0 aromatic heterocycles. The third-order valence-electron chi connectivity index (χ3n) is 10.3. The molecule has 0 aliphatic rings. The number of hydrogen-bond donors (Lipinski definition) is 3. The number of rotatable bonds is 17. The summed E-state index contributed by atoms with van der Waals surface area (Å²) in [5.74, 6) is -1.26. The average Bonchev–Trinajstić information content (AvgIpc) is 3.16. The van der Waals surface area contributed by atoms with Gasteiger partial charge < -0.3 is 25.2 Å². The number of halogens is 1. The topological polar surface area (TPSA) is 148 Å². The van der Waals surface area contributed by atoms with Crippen molar-refractivity contribution in [3.63, 3.8) is 0 Å². The molecule has 306 valence electrons. The first-order valence-corrected chi connectivity index (χ1v) is 21.0. The number of benzene rings is 4. The van der Waals surface area contributed by atoms with Crippen LogP contribution >= 0.6 is 11.6 Å². The number of aromatic hydroxyl groups is 1. The minimum absolute atomic E-state index is 0.0323. The van der Waals surface area contributed by atoms with Gasteiger partial charge in [0, 0.05) is 28.8 Å². The second kappa shape index (κ2) is 17.7. The van der Waals surface area contributed by atoms with Crippen molar-refractivity contribution >= 4 is 50.4 Å². The quantitative estimate of drug-likeness (QED) is 0.0542. The predicted molar refractivity (Wildman–Crippen MR) is 225 cm³/mol. The Labute approximate surface area is 342 Å². The van der Waals surface area contributed by atoms with Crippen molar-refractivity contribution in [1.82, 2.24) is 0 Å². The number of ether oxygens (including phenoxy) is 2. The summed E-state index contributed by atoms with van der Waals surface area (Å²) in [6.45, 7) is 18.4. The van der Waals surface area contributed by atoms with E-state index >= 15 is 0 Å². The van der Waals surface area contributed by atoms with Crippen LogP contribution in [0.2, 0.25) is 0 Å². The summed E-state index contributed by atoms with van der Waals surface area (Å²) < 4.78 is 38.3. The van der Waals surface area contributed by atoms with Crippen LogP contribution in [0.5, 0.6) is 17.2 Å². The highest BCUT2D eigenvalue weighted by Crippen LogP contribution is 2.39. The highest BCUT2D eigenvalue weighted by Gasteiger charge is 2.51. The molecule has 0 saturated carbocycles. The lowest BCUT2D eigenvalue weighted by Gasteiger charge is -2.31. The summed E-state index contributed by atoms with van der Waals surface area (Å²) >= 11 is 6.76. The molecule has 3 N–H and O–H groups in total. The SMILES string of the molecule is CCC(C)(C)c1ccc(OCCCC(=O)Nc2cccc(NC(=O)C(Cl)(Oc3ccc(S(=O)(=O)c4ccc(O)cc4)cc3)C(=O)C(C)(C)C)c2)c(C(C)(C)CC)c1. The molecule has 2 amide bonds. The standard InChI is InChI=1S/C45H55ClN2O8S/c1-10-43(6,7)30-17-26-38(37(28-30)44(8,9)11-2)55-27-13-16-39(50)47-31-14-12-15-32(29-31)48-41(52)45(46,40(51)42(3,4)5)56-34-20-24-36(25-21-34)57(53,54)35-22-18-33(49)19-23-35/h12,14-15,17-26,28-29,49H,10-11,13,16,27H2,1-9H3,(H,47,50)(H,48,52). The van der Waals surface area contributed by atoms with Gasteiger partial charge in [-0.1, -0.05) is 92.1 Å². The molecule has 0 saturated heterocycles. The highest BCUT2D eigenvalue weighted by atomic mass is 35.5. The van der Waals surface area contributed by atoms with Crippen molar-refractivity contribution in [2.24, 2.45) is 5.41 Å². The Balaban J connectivity index is 1.42. The fourth-order valence-corrected chi connectivity index (χ4v) is 7.49. The molecule has 0 bridgehead atoms. The molecular weight excluding hydrogens is 764 g/mol. The molecule has 10 nitrogen and oxygen atoms in total. The second-order valence-electron chi connectivity index (χ2n) is 16.5. The van der Waals surface area contributed by atoms with Crippen molar-refractivity contribution in [2.45, 2.75) is 114 Å². The van der Waals surface area contributed by atoms with Gasteiger partial charge in [-0.05, 0) is 108 Å². The number of Topliss-reactive ketones (excluding diaryl/α,β-unsaturated/α-hetero) is 1. The lowest BCUT2D eigenvalue weighted by atomic mass is 9.76. The number of phenolic OH excluding ortho intramolecular Hbond substituents is 1. The van der Waals surface area contributed by atoms with Gasteiger partial charge in [-0.3, -0.25) is 14.4 Å². The van der Waals surface area contributed by atoms with Gasteiger partial charge in [0.2, 0.25) is 21.5 Å². The first-order valence-electron chi connectivity index (χ1n) is 19.1. The number of carbonyl (C=O) groups is 3. The maximum absolute atomic E-state index is 13.8. The summed E-state index contributed by atoms with van der Waals surface area (Å²) in [5.41, 5.74) is 1.91. The van der Waals surface area contributed by atoms with Gasteiger partial charge in [-0.2, -0.15) is 0 Å². The van der Waals surface area contributed by atoms with Crippen LogP contribution in [0.15, 0.2) is 101 Å². The maximum atomic E-state index is 13.8. The third-order valence-corrected chi connectivity index (χ3v) is 12.5. The van der Waals surface area contributed by atoms with E-state index in [4.69, 9.17) is 21.1 Å². The molecule has 0 radical (unpaired) electrons. The summed E-state index contributed by atoms with van der Waals surface area (Å²) in [7, 11) is -3.94. The van der Waals surface area contributed by atoms with Crippen molar-refractivity contribution < 1.29 is 37.4 Å². The van der Waals surface area contributed by atoms with Gasteiger partial charge >= 0.3 is 5.06 Å². The highest BCUT2D eigenvalue weighted by molar-refractivity contribution is 7.91. The molecule has 0 aliphatic heterocycles. The summed E-state index contributed by atoms with van der Waals surface area (Å²) in [5, 5.41) is 12.5. The number of nitrogens with one attached hydrogen (secondary N) is 2. The molecule has 57 heavy (non-hydrogen) atoms. The van der Waals surface area contributed by atoms with Crippen LogP contribution in [0.25, 0.3) is 0 Å².